The smallest absolute Gasteiger partial charge is 0.312 e. The largest absolute Gasteiger partial charge is 0.465 e. The van der Waals surface area contributed by atoms with E-state index in [9.17, 15) is 9.90 Å². The summed E-state index contributed by atoms with van der Waals surface area (Å²) in [7, 11) is 0. The minimum Gasteiger partial charge on any atom is -0.465 e. The van der Waals surface area contributed by atoms with Crippen LogP contribution in [-0.2, 0) is 9.53 Å². The number of esters is 1. The molecule has 3 aliphatic rings. The Bertz CT molecular complexity index is 523. The number of carbonyl (C=O) groups is 1. The molecule has 0 bridgehead atoms. The lowest BCUT2D eigenvalue weighted by molar-refractivity contribution is -0.140. The molecule has 3 rings (SSSR count). The Morgan fingerprint density at radius 1 is 1.30 bits per heavy atom. The summed E-state index contributed by atoms with van der Waals surface area (Å²) >= 11 is 0. The molecule has 1 saturated heterocycles. The van der Waals surface area contributed by atoms with Crippen molar-refractivity contribution in [3.05, 3.63) is 24.3 Å². The van der Waals surface area contributed by atoms with Crippen LogP contribution >= 0.6 is 0 Å². The van der Waals surface area contributed by atoms with E-state index in [0.717, 1.165) is 32.1 Å². The van der Waals surface area contributed by atoms with Crippen molar-refractivity contribution in [2.24, 2.45) is 28.6 Å². The molecule has 2 aliphatic carbocycles. The van der Waals surface area contributed by atoms with E-state index >= 15 is 0 Å². The van der Waals surface area contributed by atoms with Crippen LogP contribution in [-0.4, -0.2) is 24.3 Å². The van der Waals surface area contributed by atoms with Crippen LogP contribution < -0.4 is 0 Å². The van der Waals surface area contributed by atoms with Gasteiger partial charge in [-0.3, -0.25) is 4.79 Å². The fourth-order valence-corrected chi connectivity index (χ4v) is 5.50. The number of carbonyl (C=O) groups excluding carboxylic acids is 1. The summed E-state index contributed by atoms with van der Waals surface area (Å²) in [6.45, 7) is 9.77. The first kappa shape index (κ1) is 16.8. The fraction of sp³-hybridized carbons (Fsp3) is 0.750. The second-order valence-electron chi connectivity index (χ2n) is 8.35. The van der Waals surface area contributed by atoms with E-state index in [-0.39, 0.29) is 29.3 Å². The lowest BCUT2D eigenvalue weighted by Gasteiger charge is -2.57. The Balaban J connectivity index is 1.87. The standard InChI is InChI=1S/C20H30O3/c1-14-5-8-17-19(2,13-21)10-4-11-20(17,3)16(14)7-6-15-9-12-23-18(15)22/h6-7,15-17,21H,1,4-5,8-13H2,2-3H3/b7-6+/t15?,16-,17?,19+,20+/m0/s1. The van der Waals surface area contributed by atoms with Crippen molar-refractivity contribution in [2.75, 3.05) is 13.2 Å². The highest BCUT2D eigenvalue weighted by Gasteiger charge is 2.53. The average Bonchev–Trinajstić information content (AvgIpc) is 2.91. The molecular formula is C20H30O3. The normalized spacial score (nSPS) is 44.4. The van der Waals surface area contributed by atoms with Crippen LogP contribution in [0.15, 0.2) is 24.3 Å². The maximum Gasteiger partial charge on any atom is 0.312 e. The second-order valence-corrected chi connectivity index (χ2v) is 8.35. The number of allylic oxidation sites excluding steroid dienone is 2. The molecule has 2 saturated carbocycles. The van der Waals surface area contributed by atoms with Crippen molar-refractivity contribution in [2.45, 2.75) is 52.4 Å². The summed E-state index contributed by atoms with van der Waals surface area (Å²) in [5, 5.41) is 9.99. The SMILES string of the molecule is C=C1CCC2[C@@](C)(CO)CCC[C@]2(C)[C@H]1/C=C/C1CCOC1=O. The second kappa shape index (κ2) is 6.08. The van der Waals surface area contributed by atoms with Crippen LogP contribution in [0.1, 0.15) is 52.4 Å². The Hall–Kier alpha value is -1.09. The molecule has 23 heavy (non-hydrogen) atoms. The minimum absolute atomic E-state index is 0.0199. The summed E-state index contributed by atoms with van der Waals surface area (Å²) in [6.07, 6.45) is 10.7. The number of cyclic esters (lactones) is 1. The molecule has 1 aliphatic heterocycles. The maximum atomic E-state index is 11.7. The van der Waals surface area contributed by atoms with Gasteiger partial charge in [-0.25, -0.2) is 0 Å². The van der Waals surface area contributed by atoms with Crippen molar-refractivity contribution in [3.63, 3.8) is 0 Å². The summed E-state index contributed by atoms with van der Waals surface area (Å²) in [5.74, 6) is 0.651. The molecule has 0 spiro atoms. The van der Waals surface area contributed by atoms with Crippen LogP contribution in [0.4, 0.5) is 0 Å². The number of fused-ring (bicyclic) bond motifs is 1. The topological polar surface area (TPSA) is 46.5 Å². The van der Waals surface area contributed by atoms with Gasteiger partial charge in [-0.05, 0) is 48.9 Å². The third kappa shape index (κ3) is 2.77. The molecule has 0 aromatic heterocycles. The van der Waals surface area contributed by atoms with Crippen LogP contribution in [0.3, 0.4) is 0 Å². The number of hydrogen-bond acceptors (Lipinski definition) is 3. The number of hydrogen-bond donors (Lipinski definition) is 1. The van der Waals surface area contributed by atoms with Gasteiger partial charge in [-0.15, -0.1) is 0 Å². The first-order chi connectivity index (χ1) is 10.9. The van der Waals surface area contributed by atoms with Gasteiger partial charge in [0, 0.05) is 12.5 Å². The van der Waals surface area contributed by atoms with E-state index in [1.807, 2.05) is 0 Å². The van der Waals surface area contributed by atoms with Crippen LogP contribution in [0.2, 0.25) is 0 Å². The first-order valence-electron chi connectivity index (χ1n) is 9.04. The molecular weight excluding hydrogens is 288 g/mol. The molecule has 128 valence electrons. The maximum absolute atomic E-state index is 11.7. The number of ether oxygens (including phenoxy) is 1. The van der Waals surface area contributed by atoms with Gasteiger partial charge in [0.05, 0.1) is 12.5 Å². The van der Waals surface area contributed by atoms with Crippen LogP contribution in [0.25, 0.3) is 0 Å². The highest BCUT2D eigenvalue weighted by Crippen LogP contribution is 2.61. The Kier molecular flexibility index (Phi) is 4.43. The lowest BCUT2D eigenvalue weighted by atomic mass is 9.47. The monoisotopic (exact) mass is 318 g/mol. The molecule has 1 N–H and O–H groups in total. The van der Waals surface area contributed by atoms with Gasteiger partial charge in [0.2, 0.25) is 0 Å². The first-order valence-corrected chi connectivity index (χ1v) is 9.04. The van der Waals surface area contributed by atoms with Gasteiger partial charge in [-0.2, -0.15) is 0 Å². The van der Waals surface area contributed by atoms with Gasteiger partial charge in [0.1, 0.15) is 0 Å². The summed E-state index contributed by atoms with van der Waals surface area (Å²) in [4.78, 5) is 11.7. The molecule has 0 aromatic rings. The Labute approximate surface area is 139 Å². The van der Waals surface area contributed by atoms with Crippen molar-refractivity contribution in [3.8, 4) is 0 Å². The predicted molar refractivity (Wildman–Crippen MR) is 90.7 cm³/mol. The van der Waals surface area contributed by atoms with Crippen molar-refractivity contribution >= 4 is 5.97 Å². The number of rotatable bonds is 3. The van der Waals surface area contributed by atoms with E-state index in [4.69, 9.17) is 4.74 Å². The molecule has 0 amide bonds. The summed E-state index contributed by atoms with van der Waals surface area (Å²) < 4.78 is 5.07. The van der Waals surface area contributed by atoms with Gasteiger partial charge in [0.25, 0.3) is 0 Å². The number of aliphatic hydroxyl groups is 1. The van der Waals surface area contributed by atoms with Gasteiger partial charge < -0.3 is 9.84 Å². The quantitative estimate of drug-likeness (QED) is 0.634. The van der Waals surface area contributed by atoms with Gasteiger partial charge in [-0.1, -0.05) is 44.6 Å². The molecule has 3 heteroatoms. The Morgan fingerprint density at radius 2 is 2.09 bits per heavy atom. The highest BCUT2D eigenvalue weighted by molar-refractivity contribution is 5.76. The van der Waals surface area contributed by atoms with Crippen molar-refractivity contribution < 1.29 is 14.6 Å². The molecule has 3 nitrogen and oxygen atoms in total. The zero-order chi connectivity index (χ0) is 16.7. The van der Waals surface area contributed by atoms with E-state index in [2.05, 4.69) is 32.6 Å². The van der Waals surface area contributed by atoms with E-state index in [1.165, 1.54) is 12.0 Å². The van der Waals surface area contributed by atoms with Crippen molar-refractivity contribution in [1.82, 2.24) is 0 Å². The third-order valence-electron chi connectivity index (χ3n) is 6.88. The Morgan fingerprint density at radius 3 is 2.74 bits per heavy atom. The van der Waals surface area contributed by atoms with Crippen molar-refractivity contribution in [1.29, 1.82) is 0 Å². The minimum atomic E-state index is -0.0896. The highest BCUT2D eigenvalue weighted by atomic mass is 16.5. The summed E-state index contributed by atoms with van der Waals surface area (Å²) in [5.41, 5.74) is 1.45. The van der Waals surface area contributed by atoms with Crippen LogP contribution in [0.5, 0.6) is 0 Å². The number of aliphatic hydroxyl groups excluding tert-OH is 1. The van der Waals surface area contributed by atoms with E-state index in [1.54, 1.807) is 0 Å². The fourth-order valence-electron chi connectivity index (χ4n) is 5.50. The van der Waals surface area contributed by atoms with E-state index in [0.29, 0.717) is 18.4 Å². The molecule has 1 heterocycles. The molecule has 3 fully saturated rings. The zero-order valence-corrected chi connectivity index (χ0v) is 14.5. The summed E-state index contributed by atoms with van der Waals surface area (Å²) in [6, 6.07) is 0. The molecule has 0 aromatic carbocycles. The van der Waals surface area contributed by atoms with Gasteiger partial charge >= 0.3 is 5.97 Å². The van der Waals surface area contributed by atoms with Crippen LogP contribution in [0, 0.1) is 28.6 Å². The van der Waals surface area contributed by atoms with E-state index < -0.39 is 0 Å². The zero-order valence-electron chi connectivity index (χ0n) is 14.5. The molecule has 0 radical (unpaired) electrons. The predicted octanol–water partition coefficient (Wildman–Crippen LogP) is 3.88. The average molecular weight is 318 g/mol. The third-order valence-corrected chi connectivity index (χ3v) is 6.88. The lowest BCUT2D eigenvalue weighted by Crippen LogP contribution is -2.51. The molecule has 2 unspecified atom stereocenters. The van der Waals surface area contributed by atoms with Gasteiger partial charge in [0.15, 0.2) is 0 Å². The molecule has 5 atom stereocenters.